The van der Waals surface area contributed by atoms with Crippen molar-refractivity contribution in [3.05, 3.63) is 71.0 Å². The predicted molar refractivity (Wildman–Crippen MR) is 137 cm³/mol. The highest BCUT2D eigenvalue weighted by Crippen LogP contribution is 2.23. The van der Waals surface area contributed by atoms with Gasteiger partial charge in [-0.15, -0.1) is 0 Å². The van der Waals surface area contributed by atoms with Gasteiger partial charge in [0.2, 0.25) is 0 Å². The first kappa shape index (κ1) is 25.8. The number of nitrogens with two attached hydrogens (primary N) is 1. The monoisotopic (exact) mass is 454 g/mol. The summed E-state index contributed by atoms with van der Waals surface area (Å²) in [7, 11) is 0. The van der Waals surface area contributed by atoms with Crippen molar-refractivity contribution in [1.82, 2.24) is 14.7 Å². The lowest BCUT2D eigenvalue weighted by atomic mass is 9.87. The Hall–Kier alpha value is -1.79. The second kappa shape index (κ2) is 12.6. The Balaban J connectivity index is 1.54. The Kier molecular flexibility index (Phi) is 9.87. The van der Waals surface area contributed by atoms with Crippen molar-refractivity contribution in [2.45, 2.75) is 52.1 Å². The van der Waals surface area contributed by atoms with Gasteiger partial charge in [-0.25, -0.2) is 4.39 Å². The van der Waals surface area contributed by atoms with Crippen molar-refractivity contribution in [2.75, 3.05) is 52.4 Å². The average Bonchev–Trinajstić information content (AvgIpc) is 2.80. The number of rotatable bonds is 11. The number of piperazine rings is 1. The summed E-state index contributed by atoms with van der Waals surface area (Å²) in [5, 5.41) is 0. The summed E-state index contributed by atoms with van der Waals surface area (Å²) in [5.74, 6) is -0.173. The van der Waals surface area contributed by atoms with E-state index in [1.165, 1.54) is 11.1 Å². The van der Waals surface area contributed by atoms with E-state index in [4.69, 9.17) is 5.73 Å². The van der Waals surface area contributed by atoms with Crippen LogP contribution in [0.15, 0.2) is 48.5 Å². The number of hydrogen-bond donors (Lipinski definition) is 1. The minimum atomic E-state index is -0.173. The molecule has 3 rings (SSSR count). The Morgan fingerprint density at radius 2 is 1.27 bits per heavy atom. The lowest BCUT2D eigenvalue weighted by Crippen LogP contribution is -2.47. The standard InChI is InChI=1S/C28H43FN4/c1-28(2,3)26-10-6-24(7-11-26)22-33(23-25-8-12-27(29)13-9-25)17-5-16-32-20-18-31(19-21-32)15-4-14-30/h6-13H,4-5,14-23,30H2,1-3H3. The van der Waals surface area contributed by atoms with Crippen LogP contribution in [-0.2, 0) is 18.5 Å². The zero-order chi connectivity index (χ0) is 23.7. The highest BCUT2D eigenvalue weighted by Gasteiger charge is 2.17. The fourth-order valence-corrected chi connectivity index (χ4v) is 4.50. The van der Waals surface area contributed by atoms with Crippen LogP contribution in [0.4, 0.5) is 4.39 Å². The van der Waals surface area contributed by atoms with Gasteiger partial charge in [0, 0.05) is 45.8 Å². The average molecular weight is 455 g/mol. The van der Waals surface area contributed by atoms with Gasteiger partial charge < -0.3 is 15.5 Å². The molecule has 4 nitrogen and oxygen atoms in total. The molecular formula is C28H43FN4. The Morgan fingerprint density at radius 3 is 1.76 bits per heavy atom. The summed E-state index contributed by atoms with van der Waals surface area (Å²) < 4.78 is 13.4. The Morgan fingerprint density at radius 1 is 0.788 bits per heavy atom. The van der Waals surface area contributed by atoms with Crippen LogP contribution < -0.4 is 5.73 Å². The molecule has 0 spiro atoms. The second-order valence-corrected chi connectivity index (χ2v) is 10.5. The molecule has 0 bridgehead atoms. The van der Waals surface area contributed by atoms with Gasteiger partial charge in [0.05, 0.1) is 0 Å². The molecule has 0 unspecified atom stereocenters. The van der Waals surface area contributed by atoms with Crippen LogP contribution in [0.3, 0.4) is 0 Å². The molecule has 5 heteroatoms. The van der Waals surface area contributed by atoms with E-state index in [1.807, 2.05) is 12.1 Å². The van der Waals surface area contributed by atoms with Crippen LogP contribution in [-0.4, -0.2) is 67.1 Å². The third-order valence-electron chi connectivity index (χ3n) is 6.64. The molecule has 33 heavy (non-hydrogen) atoms. The van der Waals surface area contributed by atoms with Gasteiger partial charge in [-0.2, -0.15) is 0 Å². The molecule has 1 aliphatic heterocycles. The molecule has 2 aromatic carbocycles. The summed E-state index contributed by atoms with van der Waals surface area (Å²) in [4.78, 5) is 7.62. The molecule has 1 aliphatic rings. The molecule has 182 valence electrons. The van der Waals surface area contributed by atoms with Crippen LogP contribution in [0.2, 0.25) is 0 Å². The summed E-state index contributed by atoms with van der Waals surface area (Å²) in [5.41, 5.74) is 9.68. The molecule has 1 fully saturated rings. The minimum Gasteiger partial charge on any atom is -0.330 e. The third kappa shape index (κ3) is 8.82. The number of halogens is 1. The first-order valence-corrected chi connectivity index (χ1v) is 12.5. The lowest BCUT2D eigenvalue weighted by molar-refractivity contribution is 0.125. The fourth-order valence-electron chi connectivity index (χ4n) is 4.50. The minimum absolute atomic E-state index is 0.167. The highest BCUT2D eigenvalue weighted by atomic mass is 19.1. The number of hydrogen-bond acceptors (Lipinski definition) is 4. The van der Waals surface area contributed by atoms with Crippen LogP contribution in [0.25, 0.3) is 0 Å². The maximum Gasteiger partial charge on any atom is 0.123 e. The second-order valence-electron chi connectivity index (χ2n) is 10.5. The Labute approximate surface area is 200 Å². The summed E-state index contributed by atoms with van der Waals surface area (Å²) in [6, 6.07) is 16.0. The van der Waals surface area contributed by atoms with E-state index < -0.39 is 0 Å². The van der Waals surface area contributed by atoms with Crippen molar-refractivity contribution in [3.8, 4) is 0 Å². The molecule has 2 N–H and O–H groups in total. The van der Waals surface area contributed by atoms with Crippen molar-refractivity contribution >= 4 is 0 Å². The van der Waals surface area contributed by atoms with E-state index in [2.05, 4.69) is 59.7 Å². The molecular weight excluding hydrogens is 411 g/mol. The molecule has 0 atom stereocenters. The molecule has 0 amide bonds. The van der Waals surface area contributed by atoms with Gasteiger partial charge in [-0.05, 0) is 66.7 Å². The van der Waals surface area contributed by atoms with E-state index in [9.17, 15) is 4.39 Å². The molecule has 0 aromatic heterocycles. The van der Waals surface area contributed by atoms with Crippen molar-refractivity contribution < 1.29 is 4.39 Å². The maximum atomic E-state index is 13.4. The van der Waals surface area contributed by atoms with Gasteiger partial charge in [-0.1, -0.05) is 57.2 Å². The maximum absolute atomic E-state index is 13.4. The fraction of sp³-hybridized carbons (Fsp3) is 0.571. The zero-order valence-electron chi connectivity index (χ0n) is 20.9. The smallest absolute Gasteiger partial charge is 0.123 e. The SMILES string of the molecule is CC(C)(C)c1ccc(CN(CCCN2CCN(CCCN)CC2)Cc2ccc(F)cc2)cc1. The van der Waals surface area contributed by atoms with Crippen molar-refractivity contribution in [2.24, 2.45) is 5.73 Å². The normalized spacial score (nSPS) is 15.9. The highest BCUT2D eigenvalue weighted by molar-refractivity contribution is 5.27. The lowest BCUT2D eigenvalue weighted by Gasteiger charge is -2.35. The molecule has 0 saturated carbocycles. The quantitative estimate of drug-likeness (QED) is 0.543. The number of benzene rings is 2. The van der Waals surface area contributed by atoms with Gasteiger partial charge in [-0.3, -0.25) is 4.90 Å². The first-order chi connectivity index (χ1) is 15.8. The topological polar surface area (TPSA) is 35.7 Å². The zero-order valence-corrected chi connectivity index (χ0v) is 20.9. The molecule has 1 heterocycles. The largest absolute Gasteiger partial charge is 0.330 e. The molecule has 2 aromatic rings. The van der Waals surface area contributed by atoms with E-state index in [-0.39, 0.29) is 11.2 Å². The van der Waals surface area contributed by atoms with E-state index in [1.54, 1.807) is 12.1 Å². The molecule has 0 radical (unpaired) electrons. The van der Waals surface area contributed by atoms with Crippen LogP contribution >= 0.6 is 0 Å². The van der Waals surface area contributed by atoms with Crippen molar-refractivity contribution in [3.63, 3.8) is 0 Å². The first-order valence-electron chi connectivity index (χ1n) is 12.5. The van der Waals surface area contributed by atoms with E-state index in [0.29, 0.717) is 0 Å². The van der Waals surface area contributed by atoms with E-state index in [0.717, 1.165) is 83.9 Å². The predicted octanol–water partition coefficient (Wildman–Crippen LogP) is 4.48. The summed E-state index contributed by atoms with van der Waals surface area (Å²) >= 11 is 0. The molecule has 0 aliphatic carbocycles. The van der Waals surface area contributed by atoms with Gasteiger partial charge in [0.25, 0.3) is 0 Å². The van der Waals surface area contributed by atoms with Crippen LogP contribution in [0.5, 0.6) is 0 Å². The van der Waals surface area contributed by atoms with Crippen LogP contribution in [0, 0.1) is 5.82 Å². The van der Waals surface area contributed by atoms with Gasteiger partial charge in [0.1, 0.15) is 5.82 Å². The van der Waals surface area contributed by atoms with Crippen molar-refractivity contribution in [1.29, 1.82) is 0 Å². The van der Waals surface area contributed by atoms with Gasteiger partial charge in [0.15, 0.2) is 0 Å². The van der Waals surface area contributed by atoms with E-state index >= 15 is 0 Å². The molecule has 1 saturated heterocycles. The summed E-state index contributed by atoms with van der Waals surface area (Å²) in [6.45, 7) is 17.2. The van der Waals surface area contributed by atoms with Gasteiger partial charge >= 0.3 is 0 Å². The number of nitrogens with zero attached hydrogens (tertiary/aromatic N) is 3. The van der Waals surface area contributed by atoms with Crippen LogP contribution in [0.1, 0.15) is 50.3 Å². The summed E-state index contributed by atoms with van der Waals surface area (Å²) in [6.07, 6.45) is 2.24. The third-order valence-corrected chi connectivity index (χ3v) is 6.64. The Bertz CT molecular complexity index is 805.